The van der Waals surface area contributed by atoms with Gasteiger partial charge < -0.3 is 15.3 Å². The third-order valence-electron chi connectivity index (χ3n) is 4.41. The highest BCUT2D eigenvalue weighted by molar-refractivity contribution is 5.81. The molecule has 2 fully saturated rings. The Morgan fingerprint density at radius 3 is 2.62 bits per heavy atom. The minimum atomic E-state index is 0.263. The topological polar surface area (TPSA) is 61.3 Å². The highest BCUT2D eigenvalue weighted by atomic mass is 16.3. The molecule has 2 N–H and O–H groups in total. The van der Waals surface area contributed by atoms with E-state index in [1.54, 1.807) is 12.3 Å². The smallest absolute Gasteiger partial charge is 0.127 e. The Morgan fingerprint density at radius 2 is 1.90 bits per heavy atom. The number of phenols is 1. The summed E-state index contributed by atoms with van der Waals surface area (Å²) in [6.45, 7) is 1.96. The van der Waals surface area contributed by atoms with Crippen molar-refractivity contribution in [3.8, 4) is 17.0 Å². The van der Waals surface area contributed by atoms with Crippen molar-refractivity contribution < 1.29 is 5.11 Å². The Kier molecular flexibility index (Phi) is 3.00. The van der Waals surface area contributed by atoms with Gasteiger partial charge in [-0.2, -0.15) is 10.2 Å². The number of anilines is 1. The molecule has 3 heterocycles. The number of benzene rings is 1. The quantitative estimate of drug-likeness (QED) is 0.879. The number of nitrogens with zero attached hydrogens (tertiary/aromatic N) is 3. The fourth-order valence-corrected chi connectivity index (χ4v) is 3.48. The number of piperazine rings is 1. The molecular formula is C16H18N4O. The summed E-state index contributed by atoms with van der Waals surface area (Å²) in [6.07, 6.45) is 4.12. The summed E-state index contributed by atoms with van der Waals surface area (Å²) in [5.41, 5.74) is 2.55. The van der Waals surface area contributed by atoms with Crippen molar-refractivity contribution in [1.82, 2.24) is 15.5 Å². The molecule has 2 aliphatic heterocycles. The molecule has 0 saturated carbocycles. The Morgan fingerprint density at radius 1 is 1.10 bits per heavy atom. The zero-order valence-electron chi connectivity index (χ0n) is 11.7. The highest BCUT2D eigenvalue weighted by Gasteiger charge is 2.33. The molecule has 4 rings (SSSR count). The van der Waals surface area contributed by atoms with Crippen molar-refractivity contribution in [3.05, 3.63) is 36.5 Å². The molecule has 2 unspecified atom stereocenters. The molecule has 1 aromatic carbocycles. The summed E-state index contributed by atoms with van der Waals surface area (Å²) in [6, 6.07) is 10.5. The van der Waals surface area contributed by atoms with Crippen LogP contribution in [0.2, 0.25) is 0 Å². The van der Waals surface area contributed by atoms with E-state index >= 15 is 0 Å². The van der Waals surface area contributed by atoms with Gasteiger partial charge in [0, 0.05) is 31.4 Å². The molecule has 2 aliphatic rings. The molecule has 5 heteroatoms. The molecule has 108 valence electrons. The normalized spacial score (nSPS) is 24.3. The molecular weight excluding hydrogens is 264 g/mol. The van der Waals surface area contributed by atoms with Crippen molar-refractivity contribution in [2.24, 2.45) is 0 Å². The number of phenolic OH excluding ortho intramolecular Hbond substituents is 1. The van der Waals surface area contributed by atoms with Gasteiger partial charge in [-0.3, -0.25) is 0 Å². The van der Waals surface area contributed by atoms with Crippen LogP contribution in [-0.4, -0.2) is 40.5 Å². The van der Waals surface area contributed by atoms with Crippen molar-refractivity contribution in [2.75, 3.05) is 18.0 Å². The maximum absolute atomic E-state index is 10.3. The predicted molar refractivity (Wildman–Crippen MR) is 81.3 cm³/mol. The van der Waals surface area contributed by atoms with Crippen molar-refractivity contribution in [2.45, 2.75) is 24.9 Å². The molecule has 2 atom stereocenters. The maximum Gasteiger partial charge on any atom is 0.127 e. The van der Waals surface area contributed by atoms with Gasteiger partial charge in [-0.25, -0.2) is 0 Å². The number of hydrogen-bond donors (Lipinski definition) is 2. The molecule has 2 saturated heterocycles. The van der Waals surface area contributed by atoms with E-state index in [1.807, 2.05) is 18.2 Å². The standard InChI is InChI=1S/C16H18N4O/c21-15-5-1-4-14(16(15)13-3-2-8-17-19-13)20-9-11-6-7-12(10-20)18-11/h1-5,8,11-12,18,21H,6-7,9-10H2. The zero-order chi connectivity index (χ0) is 14.2. The molecule has 2 aromatic rings. The summed E-state index contributed by atoms with van der Waals surface area (Å²) >= 11 is 0. The molecule has 5 nitrogen and oxygen atoms in total. The first kappa shape index (κ1) is 12.6. The van der Waals surface area contributed by atoms with Crippen molar-refractivity contribution >= 4 is 5.69 Å². The fraction of sp³-hybridized carbons (Fsp3) is 0.375. The number of aromatic hydroxyl groups is 1. The number of aromatic nitrogens is 2. The Bertz CT molecular complexity index is 634. The van der Waals surface area contributed by atoms with Crippen LogP contribution >= 0.6 is 0 Å². The van der Waals surface area contributed by atoms with Gasteiger partial charge in [0.05, 0.1) is 16.9 Å². The molecule has 0 radical (unpaired) electrons. The second kappa shape index (κ2) is 5.00. The van der Waals surface area contributed by atoms with E-state index in [0.717, 1.165) is 30.0 Å². The first-order chi connectivity index (χ1) is 10.3. The first-order valence-corrected chi connectivity index (χ1v) is 7.42. The average Bonchev–Trinajstić information content (AvgIpc) is 2.86. The van der Waals surface area contributed by atoms with Gasteiger partial charge in [-0.15, -0.1) is 0 Å². The van der Waals surface area contributed by atoms with Gasteiger partial charge in [0.2, 0.25) is 0 Å². The number of rotatable bonds is 2. The van der Waals surface area contributed by atoms with E-state index in [1.165, 1.54) is 12.8 Å². The number of nitrogens with one attached hydrogen (secondary N) is 1. The minimum Gasteiger partial charge on any atom is -0.507 e. The van der Waals surface area contributed by atoms with Crippen LogP contribution in [0.5, 0.6) is 5.75 Å². The molecule has 0 amide bonds. The van der Waals surface area contributed by atoms with Crippen LogP contribution in [0.4, 0.5) is 5.69 Å². The number of fused-ring (bicyclic) bond motifs is 2. The lowest BCUT2D eigenvalue weighted by molar-refractivity contribution is 0.462. The van der Waals surface area contributed by atoms with E-state index < -0.39 is 0 Å². The zero-order valence-corrected chi connectivity index (χ0v) is 11.7. The lowest BCUT2D eigenvalue weighted by atomic mass is 10.1. The van der Waals surface area contributed by atoms with Crippen LogP contribution in [-0.2, 0) is 0 Å². The SMILES string of the molecule is Oc1cccc(N2CC3CCC(C2)N3)c1-c1cccnn1. The second-order valence-corrected chi connectivity index (χ2v) is 5.82. The van der Waals surface area contributed by atoms with E-state index in [4.69, 9.17) is 0 Å². The lowest BCUT2D eigenvalue weighted by Gasteiger charge is -2.35. The van der Waals surface area contributed by atoms with E-state index in [0.29, 0.717) is 12.1 Å². The monoisotopic (exact) mass is 282 g/mol. The Hall–Kier alpha value is -2.14. The van der Waals surface area contributed by atoms with Crippen LogP contribution in [0.25, 0.3) is 11.3 Å². The van der Waals surface area contributed by atoms with Crippen LogP contribution < -0.4 is 10.2 Å². The third kappa shape index (κ3) is 2.23. The molecule has 2 bridgehead atoms. The van der Waals surface area contributed by atoms with Crippen molar-refractivity contribution in [3.63, 3.8) is 0 Å². The third-order valence-corrected chi connectivity index (χ3v) is 4.41. The minimum absolute atomic E-state index is 0.263. The van der Waals surface area contributed by atoms with E-state index in [2.05, 4.69) is 26.5 Å². The van der Waals surface area contributed by atoms with Crippen LogP contribution in [0.3, 0.4) is 0 Å². The summed E-state index contributed by atoms with van der Waals surface area (Å²) < 4.78 is 0. The summed E-state index contributed by atoms with van der Waals surface area (Å²) in [5, 5.41) is 22.0. The van der Waals surface area contributed by atoms with Crippen LogP contribution in [0, 0.1) is 0 Å². The Balaban J connectivity index is 1.77. The Labute approximate surface area is 123 Å². The second-order valence-electron chi connectivity index (χ2n) is 5.82. The summed E-state index contributed by atoms with van der Waals surface area (Å²) in [7, 11) is 0. The van der Waals surface area contributed by atoms with E-state index in [9.17, 15) is 5.11 Å². The van der Waals surface area contributed by atoms with Gasteiger partial charge in [0.15, 0.2) is 0 Å². The van der Waals surface area contributed by atoms with Gasteiger partial charge in [0.1, 0.15) is 5.75 Å². The summed E-state index contributed by atoms with van der Waals surface area (Å²) in [5.74, 6) is 0.263. The van der Waals surface area contributed by atoms with Gasteiger partial charge in [-0.1, -0.05) is 6.07 Å². The molecule has 1 aromatic heterocycles. The van der Waals surface area contributed by atoms with Crippen molar-refractivity contribution in [1.29, 1.82) is 0 Å². The largest absolute Gasteiger partial charge is 0.507 e. The van der Waals surface area contributed by atoms with E-state index in [-0.39, 0.29) is 5.75 Å². The van der Waals surface area contributed by atoms with Crippen LogP contribution in [0.1, 0.15) is 12.8 Å². The molecule has 21 heavy (non-hydrogen) atoms. The first-order valence-electron chi connectivity index (χ1n) is 7.42. The molecule has 0 spiro atoms. The summed E-state index contributed by atoms with van der Waals surface area (Å²) in [4.78, 5) is 2.36. The highest BCUT2D eigenvalue weighted by Crippen LogP contribution is 2.38. The lowest BCUT2D eigenvalue weighted by Crippen LogP contribution is -2.51. The van der Waals surface area contributed by atoms with Gasteiger partial charge in [-0.05, 0) is 37.1 Å². The maximum atomic E-state index is 10.3. The molecule has 0 aliphatic carbocycles. The van der Waals surface area contributed by atoms with Gasteiger partial charge in [0.25, 0.3) is 0 Å². The predicted octanol–water partition coefficient (Wildman–Crippen LogP) is 1.79. The fourth-order valence-electron chi connectivity index (χ4n) is 3.48. The average molecular weight is 282 g/mol. The van der Waals surface area contributed by atoms with Crippen LogP contribution in [0.15, 0.2) is 36.5 Å². The number of hydrogen-bond acceptors (Lipinski definition) is 5. The van der Waals surface area contributed by atoms with Gasteiger partial charge >= 0.3 is 0 Å².